The van der Waals surface area contributed by atoms with Gasteiger partial charge < -0.3 is 10.2 Å². The van der Waals surface area contributed by atoms with Crippen molar-refractivity contribution in [2.24, 2.45) is 0 Å². The van der Waals surface area contributed by atoms with Gasteiger partial charge in [-0.25, -0.2) is 12.8 Å². The average molecular weight is 663 g/mol. The van der Waals surface area contributed by atoms with Crippen LogP contribution in [0.25, 0.3) is 0 Å². The van der Waals surface area contributed by atoms with Crippen LogP contribution in [0.3, 0.4) is 0 Å². The van der Waals surface area contributed by atoms with E-state index in [1.807, 2.05) is 30.3 Å². The fraction of sp³-hybridized carbons (Fsp3) is 0.394. The molecule has 0 bridgehead atoms. The second kappa shape index (κ2) is 15.7. The fourth-order valence-electron chi connectivity index (χ4n) is 5.57. The Morgan fingerprint density at radius 1 is 0.932 bits per heavy atom. The van der Waals surface area contributed by atoms with Crippen molar-refractivity contribution in [1.82, 2.24) is 10.2 Å². The molecule has 2 amide bonds. The molecular formula is C33H38Cl2FN3O4S. The van der Waals surface area contributed by atoms with Gasteiger partial charge in [-0.3, -0.25) is 13.9 Å². The Morgan fingerprint density at radius 2 is 1.61 bits per heavy atom. The molecule has 4 rings (SSSR count). The number of nitrogens with zero attached hydrogens (tertiary/aromatic N) is 2. The molecule has 1 unspecified atom stereocenters. The number of hydrogen-bond donors (Lipinski definition) is 1. The normalized spacial score (nSPS) is 14.5. The second-order valence-corrected chi connectivity index (χ2v) is 13.9. The molecule has 1 saturated carbocycles. The van der Waals surface area contributed by atoms with Gasteiger partial charge in [-0.1, -0.05) is 91.0 Å². The maximum Gasteiger partial charge on any atom is 0.243 e. The number of sulfonamides is 1. The zero-order valence-corrected chi connectivity index (χ0v) is 27.1. The van der Waals surface area contributed by atoms with Gasteiger partial charge in [0.05, 0.1) is 22.0 Å². The summed E-state index contributed by atoms with van der Waals surface area (Å²) >= 11 is 12.5. The summed E-state index contributed by atoms with van der Waals surface area (Å²) in [6.07, 6.45) is 6.34. The molecule has 3 aromatic rings. The largest absolute Gasteiger partial charge is 0.352 e. The van der Waals surface area contributed by atoms with Gasteiger partial charge >= 0.3 is 0 Å². The van der Waals surface area contributed by atoms with Crippen LogP contribution in [0.5, 0.6) is 0 Å². The number of benzene rings is 3. The molecule has 0 aliphatic heterocycles. The number of rotatable bonds is 13. The van der Waals surface area contributed by atoms with Crippen LogP contribution in [-0.2, 0) is 32.6 Å². The van der Waals surface area contributed by atoms with E-state index in [9.17, 15) is 22.4 Å². The first kappa shape index (κ1) is 33.7. The van der Waals surface area contributed by atoms with E-state index in [0.717, 1.165) is 48.2 Å². The highest BCUT2D eigenvalue weighted by Crippen LogP contribution is 2.26. The van der Waals surface area contributed by atoms with Gasteiger partial charge in [-0.15, -0.1) is 0 Å². The quantitative estimate of drug-likeness (QED) is 0.219. The van der Waals surface area contributed by atoms with Crippen LogP contribution in [-0.4, -0.2) is 50.0 Å². The summed E-state index contributed by atoms with van der Waals surface area (Å²) < 4.78 is 40.6. The lowest BCUT2D eigenvalue weighted by Crippen LogP contribution is -2.53. The molecule has 1 fully saturated rings. The second-order valence-electron chi connectivity index (χ2n) is 11.2. The molecule has 3 aromatic carbocycles. The number of para-hydroxylation sites is 1. The Labute approximate surface area is 269 Å². The Morgan fingerprint density at radius 3 is 2.27 bits per heavy atom. The smallest absolute Gasteiger partial charge is 0.243 e. The minimum absolute atomic E-state index is 0.0422. The molecule has 7 nitrogen and oxygen atoms in total. The topological polar surface area (TPSA) is 86.8 Å². The highest BCUT2D eigenvalue weighted by molar-refractivity contribution is 7.92. The number of amides is 2. The summed E-state index contributed by atoms with van der Waals surface area (Å²) in [6, 6.07) is 19.4. The van der Waals surface area contributed by atoms with Gasteiger partial charge in [0, 0.05) is 32.0 Å². The van der Waals surface area contributed by atoms with Gasteiger partial charge in [-0.05, 0) is 54.7 Å². The molecule has 44 heavy (non-hydrogen) atoms. The third-order valence-electron chi connectivity index (χ3n) is 7.83. The SMILES string of the molecule is CS(=O)(=O)N(CCCC(=O)N(Cc1ccc(Cl)c(Cl)c1)C(Cc1ccccc1)C(=O)NC1CCCCC1)c1ccccc1F. The van der Waals surface area contributed by atoms with E-state index in [2.05, 4.69) is 5.32 Å². The summed E-state index contributed by atoms with van der Waals surface area (Å²) in [4.78, 5) is 29.5. The summed E-state index contributed by atoms with van der Waals surface area (Å²) in [5, 5.41) is 3.90. The maximum atomic E-state index is 14.5. The number of carbonyl (C=O) groups is 2. The fourth-order valence-corrected chi connectivity index (χ4v) is 6.86. The standard InChI is InChI=1S/C33H38Cl2FN3O4S/c1-44(42,43)39(30-16-9-8-15-29(30)36)20-10-17-32(40)38(23-25-18-19-27(34)28(35)21-25)31(22-24-11-4-2-5-12-24)33(41)37-26-13-6-3-7-14-26/h2,4-5,8-9,11-12,15-16,18-19,21,26,31H,3,6-7,10,13-14,17,20,22-23H2,1H3,(H,37,41). The summed E-state index contributed by atoms with van der Waals surface area (Å²) in [7, 11) is -3.83. The molecule has 1 aliphatic rings. The Kier molecular flexibility index (Phi) is 12.1. The Hall–Kier alpha value is -3.14. The van der Waals surface area contributed by atoms with Gasteiger partial charge in [-0.2, -0.15) is 0 Å². The molecule has 236 valence electrons. The van der Waals surface area contributed by atoms with Crippen molar-refractivity contribution in [1.29, 1.82) is 0 Å². The van der Waals surface area contributed by atoms with E-state index in [1.165, 1.54) is 18.2 Å². The summed E-state index contributed by atoms with van der Waals surface area (Å²) in [5.74, 6) is -1.25. The lowest BCUT2D eigenvalue weighted by molar-refractivity contribution is -0.141. The first-order valence-corrected chi connectivity index (χ1v) is 17.4. The summed E-state index contributed by atoms with van der Waals surface area (Å²) in [6.45, 7) is -0.0157. The van der Waals surface area contributed by atoms with Gasteiger partial charge in [0.1, 0.15) is 11.9 Å². The minimum atomic E-state index is -3.83. The molecule has 0 spiro atoms. The molecular weight excluding hydrogens is 624 g/mol. The van der Waals surface area contributed by atoms with Crippen molar-refractivity contribution in [2.45, 2.75) is 70.0 Å². The van der Waals surface area contributed by atoms with Crippen LogP contribution in [0, 0.1) is 5.82 Å². The summed E-state index contributed by atoms with van der Waals surface area (Å²) in [5.41, 5.74) is 1.51. The van der Waals surface area contributed by atoms with E-state index >= 15 is 0 Å². The number of anilines is 1. The van der Waals surface area contributed by atoms with Crippen molar-refractivity contribution in [3.8, 4) is 0 Å². The highest BCUT2D eigenvalue weighted by Gasteiger charge is 2.32. The van der Waals surface area contributed by atoms with Crippen LogP contribution in [0.2, 0.25) is 10.0 Å². The third kappa shape index (κ3) is 9.43. The van der Waals surface area contributed by atoms with E-state index in [-0.39, 0.29) is 55.9 Å². The minimum Gasteiger partial charge on any atom is -0.352 e. The molecule has 0 aromatic heterocycles. The van der Waals surface area contributed by atoms with Crippen LogP contribution in [0.1, 0.15) is 56.1 Å². The van der Waals surface area contributed by atoms with Gasteiger partial charge in [0.15, 0.2) is 0 Å². The molecule has 0 saturated heterocycles. The predicted molar refractivity (Wildman–Crippen MR) is 174 cm³/mol. The molecule has 0 heterocycles. The zero-order valence-electron chi connectivity index (χ0n) is 24.7. The maximum absolute atomic E-state index is 14.5. The van der Waals surface area contributed by atoms with Crippen molar-refractivity contribution in [3.05, 3.63) is 99.8 Å². The molecule has 1 aliphatic carbocycles. The van der Waals surface area contributed by atoms with E-state index < -0.39 is 21.9 Å². The zero-order chi connectivity index (χ0) is 31.7. The monoisotopic (exact) mass is 661 g/mol. The highest BCUT2D eigenvalue weighted by atomic mass is 35.5. The van der Waals surface area contributed by atoms with Gasteiger partial charge in [0.2, 0.25) is 21.8 Å². The first-order chi connectivity index (χ1) is 21.0. The van der Waals surface area contributed by atoms with Crippen LogP contribution < -0.4 is 9.62 Å². The number of hydrogen-bond acceptors (Lipinski definition) is 4. The van der Waals surface area contributed by atoms with E-state index in [1.54, 1.807) is 29.2 Å². The average Bonchev–Trinajstić information content (AvgIpc) is 2.99. The van der Waals surface area contributed by atoms with Gasteiger partial charge in [0.25, 0.3) is 0 Å². The number of nitrogens with one attached hydrogen (secondary N) is 1. The molecule has 0 radical (unpaired) electrons. The number of halogens is 3. The van der Waals surface area contributed by atoms with E-state index in [0.29, 0.717) is 15.6 Å². The van der Waals surface area contributed by atoms with E-state index in [4.69, 9.17) is 23.2 Å². The molecule has 11 heteroatoms. The Balaban J connectivity index is 1.61. The predicted octanol–water partition coefficient (Wildman–Crippen LogP) is 6.77. The lowest BCUT2D eigenvalue weighted by atomic mass is 9.94. The first-order valence-electron chi connectivity index (χ1n) is 14.8. The van der Waals surface area contributed by atoms with Crippen molar-refractivity contribution >= 4 is 50.7 Å². The lowest BCUT2D eigenvalue weighted by Gasteiger charge is -2.34. The number of carbonyl (C=O) groups excluding carboxylic acids is 2. The van der Waals surface area contributed by atoms with Crippen LogP contribution >= 0.6 is 23.2 Å². The molecule has 1 atom stereocenters. The van der Waals surface area contributed by atoms with Crippen molar-refractivity contribution in [3.63, 3.8) is 0 Å². The Bertz CT molecular complexity index is 1530. The van der Waals surface area contributed by atoms with Crippen LogP contribution in [0.15, 0.2) is 72.8 Å². The third-order valence-corrected chi connectivity index (χ3v) is 9.75. The van der Waals surface area contributed by atoms with Crippen LogP contribution in [0.4, 0.5) is 10.1 Å². The van der Waals surface area contributed by atoms with Crippen molar-refractivity contribution < 1.29 is 22.4 Å². The van der Waals surface area contributed by atoms with Crippen molar-refractivity contribution in [2.75, 3.05) is 17.1 Å². The molecule has 1 N–H and O–H groups in total.